The lowest BCUT2D eigenvalue weighted by Gasteiger charge is -2.09. The van der Waals surface area contributed by atoms with Gasteiger partial charge >= 0.3 is 6.18 Å². The van der Waals surface area contributed by atoms with Gasteiger partial charge in [-0.25, -0.2) is 18.1 Å². The average molecular weight is 450 g/mol. The summed E-state index contributed by atoms with van der Waals surface area (Å²) in [5.41, 5.74) is 2.20. The van der Waals surface area contributed by atoms with Crippen LogP contribution in [0.2, 0.25) is 0 Å². The predicted octanol–water partition coefficient (Wildman–Crippen LogP) is 4.48. The maximum Gasteiger partial charge on any atom is 0.433 e. The average Bonchev–Trinajstić information content (AvgIpc) is 3.37. The Hall–Kier alpha value is -3.05. The van der Waals surface area contributed by atoms with Crippen LogP contribution >= 0.6 is 11.3 Å². The first-order valence-electron chi connectivity index (χ1n) is 8.46. The summed E-state index contributed by atoms with van der Waals surface area (Å²) in [5.74, 6) is -0.137. The standard InChI is InChI=1S/C19H13F3N4O2S2/c1-30(27,28)14-6-7-18(24-9-14)26-17(19(20,21)22)8-15(25-26)12-2-4-13(5-3-12)16-10-23-11-29-16/h2-11H,1H3. The van der Waals surface area contributed by atoms with E-state index >= 15 is 0 Å². The highest BCUT2D eigenvalue weighted by atomic mass is 32.2. The van der Waals surface area contributed by atoms with E-state index in [0.717, 1.165) is 29.0 Å². The second-order valence-corrected chi connectivity index (χ2v) is 9.29. The summed E-state index contributed by atoms with van der Waals surface area (Å²) < 4.78 is 64.6. The van der Waals surface area contributed by atoms with Gasteiger partial charge in [0.25, 0.3) is 0 Å². The Morgan fingerprint density at radius 2 is 1.70 bits per heavy atom. The summed E-state index contributed by atoms with van der Waals surface area (Å²) in [6, 6.07) is 10.3. The minimum absolute atomic E-state index is 0.0918. The van der Waals surface area contributed by atoms with Crippen LogP contribution in [0.1, 0.15) is 5.69 Å². The van der Waals surface area contributed by atoms with Gasteiger partial charge in [-0.05, 0) is 23.8 Å². The lowest BCUT2D eigenvalue weighted by Crippen LogP contribution is -2.14. The Labute approximate surface area is 173 Å². The third-order valence-corrected chi connectivity index (χ3v) is 6.18. The molecule has 0 fully saturated rings. The molecule has 0 saturated heterocycles. The number of benzene rings is 1. The number of thiazole rings is 1. The zero-order valence-corrected chi connectivity index (χ0v) is 17.0. The molecule has 0 saturated carbocycles. The van der Waals surface area contributed by atoms with Gasteiger partial charge in [0.05, 0.1) is 21.0 Å². The molecule has 0 bridgehead atoms. The molecule has 1 aromatic carbocycles. The third kappa shape index (κ3) is 3.98. The highest BCUT2D eigenvalue weighted by molar-refractivity contribution is 7.90. The molecule has 0 unspecified atom stereocenters. The van der Waals surface area contributed by atoms with E-state index in [4.69, 9.17) is 0 Å². The predicted molar refractivity (Wildman–Crippen MR) is 106 cm³/mol. The number of sulfone groups is 1. The molecule has 0 N–H and O–H groups in total. The Balaban J connectivity index is 1.75. The largest absolute Gasteiger partial charge is 0.433 e. The monoisotopic (exact) mass is 450 g/mol. The molecule has 4 aromatic rings. The molecule has 11 heteroatoms. The smallest absolute Gasteiger partial charge is 0.252 e. The molecule has 3 aromatic heterocycles. The molecule has 154 valence electrons. The van der Waals surface area contributed by atoms with Crippen LogP contribution in [-0.4, -0.2) is 34.4 Å². The van der Waals surface area contributed by atoms with Crippen LogP contribution in [0.25, 0.3) is 27.5 Å². The van der Waals surface area contributed by atoms with E-state index in [1.165, 1.54) is 23.5 Å². The second kappa shape index (κ2) is 7.33. The Morgan fingerprint density at radius 1 is 1.00 bits per heavy atom. The van der Waals surface area contributed by atoms with Gasteiger partial charge in [-0.1, -0.05) is 24.3 Å². The fourth-order valence-electron chi connectivity index (χ4n) is 2.78. The summed E-state index contributed by atoms with van der Waals surface area (Å²) >= 11 is 1.46. The summed E-state index contributed by atoms with van der Waals surface area (Å²) in [7, 11) is -3.52. The van der Waals surface area contributed by atoms with E-state index in [-0.39, 0.29) is 16.4 Å². The highest BCUT2D eigenvalue weighted by Gasteiger charge is 2.36. The zero-order chi connectivity index (χ0) is 21.5. The van der Waals surface area contributed by atoms with Gasteiger partial charge in [0.2, 0.25) is 0 Å². The molecule has 0 radical (unpaired) electrons. The quantitative estimate of drug-likeness (QED) is 0.458. The van der Waals surface area contributed by atoms with Crippen molar-refractivity contribution in [3.8, 4) is 27.5 Å². The van der Waals surface area contributed by atoms with Crippen LogP contribution in [0.3, 0.4) is 0 Å². The maximum atomic E-state index is 13.6. The number of alkyl halides is 3. The lowest BCUT2D eigenvalue weighted by molar-refractivity contribution is -0.142. The van der Waals surface area contributed by atoms with Crippen molar-refractivity contribution in [1.29, 1.82) is 0 Å². The van der Waals surface area contributed by atoms with Crippen LogP contribution in [0, 0.1) is 0 Å². The molecule has 0 aliphatic heterocycles. The fraction of sp³-hybridized carbons (Fsp3) is 0.105. The SMILES string of the molecule is CS(=O)(=O)c1ccc(-n2nc(-c3ccc(-c4cncs4)cc3)cc2C(F)(F)F)nc1. The van der Waals surface area contributed by atoms with Crippen molar-refractivity contribution in [3.63, 3.8) is 0 Å². The summed E-state index contributed by atoms with van der Waals surface area (Å²) in [4.78, 5) is 8.72. The molecule has 0 atom stereocenters. The first-order valence-corrected chi connectivity index (χ1v) is 11.2. The van der Waals surface area contributed by atoms with Crippen molar-refractivity contribution in [3.05, 3.63) is 66.1 Å². The summed E-state index contributed by atoms with van der Waals surface area (Å²) in [6.45, 7) is 0. The minimum Gasteiger partial charge on any atom is -0.252 e. The molecular formula is C19H13F3N4O2S2. The van der Waals surface area contributed by atoms with Gasteiger partial charge in [-0.15, -0.1) is 11.3 Å². The molecule has 6 nitrogen and oxygen atoms in total. The van der Waals surface area contributed by atoms with Gasteiger partial charge in [0.1, 0.15) is 0 Å². The van der Waals surface area contributed by atoms with E-state index in [0.29, 0.717) is 10.2 Å². The van der Waals surface area contributed by atoms with E-state index in [1.807, 2.05) is 0 Å². The number of hydrogen-bond acceptors (Lipinski definition) is 6. The first-order chi connectivity index (χ1) is 14.1. The summed E-state index contributed by atoms with van der Waals surface area (Å²) in [6.07, 6.45) is -0.963. The van der Waals surface area contributed by atoms with Crippen LogP contribution in [-0.2, 0) is 16.0 Å². The topological polar surface area (TPSA) is 77.7 Å². The van der Waals surface area contributed by atoms with Gasteiger partial charge in [0, 0.05) is 24.2 Å². The highest BCUT2D eigenvalue weighted by Crippen LogP contribution is 2.34. The molecule has 0 amide bonds. The van der Waals surface area contributed by atoms with Gasteiger partial charge in [-0.2, -0.15) is 18.3 Å². The van der Waals surface area contributed by atoms with Gasteiger partial charge in [-0.3, -0.25) is 4.98 Å². The van der Waals surface area contributed by atoms with E-state index < -0.39 is 21.7 Å². The van der Waals surface area contributed by atoms with Crippen molar-refractivity contribution in [2.45, 2.75) is 11.1 Å². The number of aromatic nitrogens is 4. The van der Waals surface area contributed by atoms with Gasteiger partial charge in [0.15, 0.2) is 21.3 Å². The van der Waals surface area contributed by atoms with Crippen molar-refractivity contribution >= 4 is 21.2 Å². The zero-order valence-electron chi connectivity index (χ0n) is 15.3. The van der Waals surface area contributed by atoms with E-state index in [9.17, 15) is 21.6 Å². The molecule has 3 heterocycles. The number of rotatable bonds is 4. The maximum absolute atomic E-state index is 13.6. The van der Waals surface area contributed by atoms with Crippen molar-refractivity contribution in [2.24, 2.45) is 0 Å². The second-order valence-electron chi connectivity index (χ2n) is 6.39. The molecule has 4 rings (SSSR count). The molecular weight excluding hydrogens is 437 g/mol. The normalized spacial score (nSPS) is 12.3. The van der Waals surface area contributed by atoms with Crippen LogP contribution < -0.4 is 0 Å². The number of nitrogens with zero attached hydrogens (tertiary/aromatic N) is 4. The number of halogens is 3. The molecule has 0 aliphatic rings. The Morgan fingerprint density at radius 3 is 2.23 bits per heavy atom. The molecule has 0 aliphatic carbocycles. The molecule has 30 heavy (non-hydrogen) atoms. The summed E-state index contributed by atoms with van der Waals surface area (Å²) in [5, 5.41) is 4.08. The van der Waals surface area contributed by atoms with Crippen molar-refractivity contribution in [2.75, 3.05) is 6.26 Å². The Bertz CT molecular complexity index is 1280. The lowest BCUT2D eigenvalue weighted by atomic mass is 10.1. The number of hydrogen-bond donors (Lipinski definition) is 0. The van der Waals surface area contributed by atoms with E-state index in [2.05, 4.69) is 15.1 Å². The number of pyridine rings is 1. The van der Waals surface area contributed by atoms with Crippen LogP contribution in [0.5, 0.6) is 0 Å². The minimum atomic E-state index is -4.68. The van der Waals surface area contributed by atoms with E-state index in [1.54, 1.807) is 36.0 Å². The Kier molecular flexibility index (Phi) is 4.94. The van der Waals surface area contributed by atoms with Crippen molar-refractivity contribution in [1.82, 2.24) is 19.7 Å². The van der Waals surface area contributed by atoms with Gasteiger partial charge < -0.3 is 0 Å². The van der Waals surface area contributed by atoms with Crippen LogP contribution in [0.15, 0.2) is 65.3 Å². The van der Waals surface area contributed by atoms with Crippen LogP contribution in [0.4, 0.5) is 13.2 Å². The van der Waals surface area contributed by atoms with Crippen molar-refractivity contribution < 1.29 is 21.6 Å². The third-order valence-electron chi connectivity index (χ3n) is 4.26. The molecule has 0 spiro atoms. The first kappa shape index (κ1) is 20.2. The fourth-order valence-corrected chi connectivity index (χ4v) is 3.97.